The van der Waals surface area contributed by atoms with Crippen molar-refractivity contribution >= 4 is 63.7 Å². The molecule has 0 spiro atoms. The number of rotatable bonds is 0. The summed E-state index contributed by atoms with van der Waals surface area (Å²) in [5.74, 6) is 1.04. The molecule has 98 valence electrons. The Morgan fingerprint density at radius 2 is 1.28 bits per heavy atom. The van der Waals surface area contributed by atoms with E-state index in [2.05, 4.69) is 102 Å². The van der Waals surface area contributed by atoms with Crippen LogP contribution in [0.2, 0.25) is 0 Å². The number of fused-ring (bicyclic) bond motifs is 5. The molecule has 4 atom stereocenters. The van der Waals surface area contributed by atoms with Gasteiger partial charge in [-0.2, -0.15) is 0 Å². The molecule has 0 saturated heterocycles. The lowest BCUT2D eigenvalue weighted by molar-refractivity contribution is 0.206. The average molecular weight is 502 g/mol. The van der Waals surface area contributed by atoms with E-state index in [1.54, 1.807) is 0 Å². The molecule has 4 heteroatoms. The number of alkyl halides is 4. The molecule has 1 aromatic carbocycles. The van der Waals surface area contributed by atoms with E-state index in [-0.39, 0.29) is 8.65 Å². The predicted octanol–water partition coefficient (Wildman–Crippen LogP) is 5.92. The molecule has 0 aliphatic heterocycles. The van der Waals surface area contributed by atoms with E-state index in [9.17, 15) is 0 Å². The van der Waals surface area contributed by atoms with Crippen LogP contribution in [0.3, 0.4) is 0 Å². The van der Waals surface area contributed by atoms with Crippen LogP contribution in [0, 0.1) is 5.41 Å². The Kier molecular flexibility index (Phi) is 3.38. The van der Waals surface area contributed by atoms with Crippen LogP contribution in [0.1, 0.15) is 36.8 Å². The van der Waals surface area contributed by atoms with E-state index in [1.807, 2.05) is 0 Å². The standard InChI is InChI=1S/C14H14Br4/c1-13(2)9-7-5-3-4-6-8(7)10(13)12(16)14(17,18)11(9)15/h3-6,9-12H,1-2H3/t9-,10+,11-,12-/m1/s1. The minimum absolute atomic E-state index is 0.107. The highest BCUT2D eigenvalue weighted by molar-refractivity contribution is 9.27. The Hall–Kier alpha value is 1.14. The second kappa shape index (κ2) is 4.32. The van der Waals surface area contributed by atoms with Gasteiger partial charge in [0.1, 0.15) is 3.23 Å². The highest BCUT2D eigenvalue weighted by Gasteiger charge is 2.63. The van der Waals surface area contributed by atoms with E-state index in [4.69, 9.17) is 0 Å². The van der Waals surface area contributed by atoms with Gasteiger partial charge < -0.3 is 0 Å². The van der Waals surface area contributed by atoms with Gasteiger partial charge in [-0.05, 0) is 16.5 Å². The van der Waals surface area contributed by atoms with Crippen LogP contribution in [0.4, 0.5) is 0 Å². The van der Waals surface area contributed by atoms with Gasteiger partial charge in [-0.15, -0.1) is 0 Å². The summed E-state index contributed by atoms with van der Waals surface area (Å²) in [5, 5.41) is 0. The lowest BCUT2D eigenvalue weighted by Crippen LogP contribution is -2.51. The summed E-state index contributed by atoms with van der Waals surface area (Å²) < 4.78 is -0.107. The van der Waals surface area contributed by atoms with Crippen molar-refractivity contribution in [2.24, 2.45) is 5.41 Å². The highest BCUT2D eigenvalue weighted by Crippen LogP contribution is 2.70. The number of benzene rings is 1. The van der Waals surface area contributed by atoms with E-state index in [0.717, 1.165) is 0 Å². The van der Waals surface area contributed by atoms with Crippen LogP contribution in [0.15, 0.2) is 24.3 Å². The van der Waals surface area contributed by atoms with E-state index < -0.39 is 0 Å². The summed E-state index contributed by atoms with van der Waals surface area (Å²) in [6, 6.07) is 8.89. The fourth-order valence-electron chi connectivity index (χ4n) is 3.74. The molecule has 18 heavy (non-hydrogen) atoms. The fraction of sp³-hybridized carbons (Fsp3) is 0.571. The van der Waals surface area contributed by atoms with Crippen molar-refractivity contribution in [3.8, 4) is 0 Å². The zero-order valence-corrected chi connectivity index (χ0v) is 16.5. The predicted molar refractivity (Wildman–Crippen MR) is 91.7 cm³/mol. The molecule has 1 aromatic rings. The molecule has 0 N–H and O–H groups in total. The monoisotopic (exact) mass is 498 g/mol. The van der Waals surface area contributed by atoms with Gasteiger partial charge in [0.2, 0.25) is 0 Å². The average Bonchev–Trinajstić information content (AvgIpc) is 2.48. The maximum absolute atomic E-state index is 3.93. The van der Waals surface area contributed by atoms with Crippen molar-refractivity contribution in [2.45, 2.75) is 38.6 Å². The van der Waals surface area contributed by atoms with Gasteiger partial charge in [0.15, 0.2) is 0 Å². The SMILES string of the molecule is CC1(C)[C@@H]2c3ccccc3[C@H]1[C@@H](Br)C(Br)(Br)[C@@H]2Br. The third-order valence-electron chi connectivity index (χ3n) is 4.59. The summed E-state index contributed by atoms with van der Waals surface area (Å²) in [6.07, 6.45) is 0. The Morgan fingerprint density at radius 1 is 0.889 bits per heavy atom. The molecule has 3 rings (SSSR count). The van der Waals surface area contributed by atoms with Crippen molar-refractivity contribution in [1.29, 1.82) is 0 Å². The molecule has 0 radical (unpaired) electrons. The van der Waals surface area contributed by atoms with Crippen LogP contribution >= 0.6 is 63.7 Å². The maximum atomic E-state index is 3.93. The van der Waals surface area contributed by atoms with Crippen molar-refractivity contribution in [2.75, 3.05) is 0 Å². The summed E-state index contributed by atoms with van der Waals surface area (Å²) in [4.78, 5) is 0.702. The molecule has 1 fully saturated rings. The quantitative estimate of drug-likeness (QED) is 0.387. The summed E-state index contributed by atoms with van der Waals surface area (Å²) in [7, 11) is 0. The number of hydrogen-bond acceptors (Lipinski definition) is 0. The Morgan fingerprint density at radius 3 is 1.67 bits per heavy atom. The second-order valence-electron chi connectivity index (χ2n) is 5.88. The van der Waals surface area contributed by atoms with Crippen LogP contribution in [-0.4, -0.2) is 12.9 Å². The van der Waals surface area contributed by atoms with Gasteiger partial charge in [0, 0.05) is 21.5 Å². The maximum Gasteiger partial charge on any atom is 0.107 e. The number of halogens is 4. The van der Waals surface area contributed by atoms with Gasteiger partial charge in [-0.1, -0.05) is 102 Å². The Bertz CT molecular complexity index is 453. The van der Waals surface area contributed by atoms with E-state index in [0.29, 0.717) is 21.5 Å². The molecule has 1 saturated carbocycles. The summed E-state index contributed by atoms with van der Waals surface area (Å²) in [6.45, 7) is 4.78. The third-order valence-corrected chi connectivity index (χ3v) is 11.5. The molecular formula is C14H14Br4. The topological polar surface area (TPSA) is 0 Å². The lowest BCUT2D eigenvalue weighted by atomic mass is 9.66. The first-order chi connectivity index (χ1) is 8.29. The smallest absolute Gasteiger partial charge is 0.0859 e. The third kappa shape index (κ3) is 1.64. The number of hydrogen-bond donors (Lipinski definition) is 0. The van der Waals surface area contributed by atoms with Crippen molar-refractivity contribution in [3.63, 3.8) is 0 Å². The zero-order chi connectivity index (χ0) is 13.3. The van der Waals surface area contributed by atoms with Gasteiger partial charge in [0.05, 0.1) is 0 Å². The summed E-state index contributed by atoms with van der Waals surface area (Å²) >= 11 is 15.6. The van der Waals surface area contributed by atoms with Crippen molar-refractivity contribution in [1.82, 2.24) is 0 Å². The summed E-state index contributed by atoms with van der Waals surface area (Å²) in [5.41, 5.74) is 3.26. The molecular weight excluding hydrogens is 488 g/mol. The lowest BCUT2D eigenvalue weighted by Gasteiger charge is -2.50. The van der Waals surface area contributed by atoms with Gasteiger partial charge >= 0.3 is 0 Å². The van der Waals surface area contributed by atoms with Gasteiger partial charge in [-0.25, -0.2) is 0 Å². The molecule has 0 nitrogen and oxygen atoms in total. The first-order valence-electron chi connectivity index (χ1n) is 6.04. The normalized spacial score (nSPS) is 39.4. The molecule has 0 unspecified atom stereocenters. The van der Waals surface area contributed by atoms with Crippen LogP contribution in [0.25, 0.3) is 0 Å². The van der Waals surface area contributed by atoms with Crippen LogP contribution in [0.5, 0.6) is 0 Å². The van der Waals surface area contributed by atoms with Gasteiger partial charge in [-0.3, -0.25) is 0 Å². The molecule has 0 heterocycles. The molecule has 2 bridgehead atoms. The highest BCUT2D eigenvalue weighted by atomic mass is 79.9. The zero-order valence-electron chi connectivity index (χ0n) is 10.1. The Balaban J connectivity index is 2.26. The fourth-order valence-corrected chi connectivity index (χ4v) is 7.65. The molecule has 2 aliphatic rings. The second-order valence-corrected chi connectivity index (χ2v) is 11.5. The van der Waals surface area contributed by atoms with Crippen molar-refractivity contribution in [3.05, 3.63) is 35.4 Å². The minimum Gasteiger partial charge on any atom is -0.0859 e. The first kappa shape index (κ1) is 14.1. The van der Waals surface area contributed by atoms with E-state index >= 15 is 0 Å². The molecule has 0 aromatic heterocycles. The van der Waals surface area contributed by atoms with Gasteiger partial charge in [0.25, 0.3) is 0 Å². The van der Waals surface area contributed by atoms with Crippen LogP contribution in [-0.2, 0) is 0 Å². The molecule has 2 aliphatic carbocycles. The van der Waals surface area contributed by atoms with E-state index in [1.165, 1.54) is 11.1 Å². The minimum atomic E-state index is -0.107. The van der Waals surface area contributed by atoms with Crippen LogP contribution < -0.4 is 0 Å². The largest absolute Gasteiger partial charge is 0.107 e. The molecule has 0 amide bonds. The Labute approximate surface area is 142 Å². The first-order valence-corrected chi connectivity index (χ1v) is 9.46. The van der Waals surface area contributed by atoms with Crippen molar-refractivity contribution < 1.29 is 0 Å².